The van der Waals surface area contributed by atoms with E-state index in [0.29, 0.717) is 24.8 Å². The fraction of sp³-hybridized carbons (Fsp3) is 0.294. The number of hydrogen-bond donors (Lipinski definition) is 1. The molecular formula is C17H18FN3O2. The molecule has 0 saturated carbocycles. The van der Waals surface area contributed by atoms with Crippen molar-refractivity contribution in [2.45, 2.75) is 19.4 Å². The van der Waals surface area contributed by atoms with Crippen molar-refractivity contribution in [3.63, 3.8) is 0 Å². The number of ether oxygens (including phenoxy) is 1. The third-order valence-electron chi connectivity index (χ3n) is 3.79. The molecule has 0 radical (unpaired) electrons. The molecule has 1 unspecified atom stereocenters. The first-order chi connectivity index (χ1) is 11.2. The summed E-state index contributed by atoms with van der Waals surface area (Å²) < 4.78 is 18.3. The van der Waals surface area contributed by atoms with Gasteiger partial charge in [0.15, 0.2) is 0 Å². The number of pyridine rings is 1. The number of hydrogen-bond acceptors (Lipinski definition) is 3. The van der Waals surface area contributed by atoms with Gasteiger partial charge in [0.05, 0.1) is 12.6 Å². The number of halogens is 1. The number of urea groups is 1. The predicted molar refractivity (Wildman–Crippen MR) is 84.9 cm³/mol. The lowest BCUT2D eigenvalue weighted by Gasteiger charge is -2.41. The molecule has 1 aromatic carbocycles. The van der Waals surface area contributed by atoms with Gasteiger partial charge in [0.25, 0.3) is 0 Å². The van der Waals surface area contributed by atoms with Crippen LogP contribution in [0.25, 0.3) is 0 Å². The first-order valence-corrected chi connectivity index (χ1v) is 7.60. The van der Waals surface area contributed by atoms with Crippen LogP contribution in [0.5, 0.6) is 5.88 Å². The molecule has 1 fully saturated rings. The first-order valence-electron chi connectivity index (χ1n) is 7.60. The van der Waals surface area contributed by atoms with Crippen molar-refractivity contribution in [1.29, 1.82) is 0 Å². The molecule has 1 atom stereocenters. The van der Waals surface area contributed by atoms with Crippen LogP contribution in [0.1, 0.15) is 24.9 Å². The Bertz CT molecular complexity index is 690. The van der Waals surface area contributed by atoms with Crippen LogP contribution < -0.4 is 10.1 Å². The summed E-state index contributed by atoms with van der Waals surface area (Å²) in [6.45, 7) is 3.06. The van der Waals surface area contributed by atoms with Gasteiger partial charge in [-0.05, 0) is 37.1 Å². The van der Waals surface area contributed by atoms with Gasteiger partial charge in [0, 0.05) is 12.6 Å². The molecule has 120 valence electrons. The highest BCUT2D eigenvalue weighted by Crippen LogP contribution is 2.33. The number of nitrogens with zero attached hydrogens (tertiary/aromatic N) is 2. The van der Waals surface area contributed by atoms with Crippen molar-refractivity contribution in [1.82, 2.24) is 9.88 Å². The molecule has 1 aromatic heterocycles. The lowest BCUT2D eigenvalue weighted by molar-refractivity contribution is 0.126. The minimum absolute atomic E-state index is 0.0225. The topological polar surface area (TPSA) is 54.5 Å². The van der Waals surface area contributed by atoms with Crippen LogP contribution in [0.2, 0.25) is 0 Å². The zero-order valence-electron chi connectivity index (χ0n) is 12.8. The highest BCUT2D eigenvalue weighted by atomic mass is 19.1. The summed E-state index contributed by atoms with van der Waals surface area (Å²) >= 11 is 0. The van der Waals surface area contributed by atoms with E-state index in [1.807, 2.05) is 6.92 Å². The Hall–Kier alpha value is -2.63. The lowest BCUT2D eigenvalue weighted by atomic mass is 9.95. The van der Waals surface area contributed by atoms with Crippen LogP contribution in [0.3, 0.4) is 0 Å². The number of anilines is 1. The SMILES string of the molecule is CCOc1cccc(NC(=O)N2CCC2c2ccc(F)cc2)n1. The molecule has 0 spiro atoms. The van der Waals surface area contributed by atoms with Crippen molar-refractivity contribution < 1.29 is 13.9 Å². The Labute approximate surface area is 134 Å². The van der Waals surface area contributed by atoms with Gasteiger partial charge in [-0.1, -0.05) is 18.2 Å². The minimum Gasteiger partial charge on any atom is -0.478 e. The Morgan fingerprint density at radius 1 is 1.35 bits per heavy atom. The molecule has 2 amide bonds. The fourth-order valence-electron chi connectivity index (χ4n) is 2.56. The van der Waals surface area contributed by atoms with E-state index in [1.165, 1.54) is 12.1 Å². The monoisotopic (exact) mass is 315 g/mol. The zero-order chi connectivity index (χ0) is 16.2. The number of amides is 2. The molecule has 0 bridgehead atoms. The molecule has 2 heterocycles. The highest BCUT2D eigenvalue weighted by molar-refractivity contribution is 5.89. The van der Waals surface area contributed by atoms with Gasteiger partial charge in [-0.3, -0.25) is 5.32 Å². The summed E-state index contributed by atoms with van der Waals surface area (Å²) in [4.78, 5) is 18.3. The molecule has 0 aliphatic carbocycles. The maximum Gasteiger partial charge on any atom is 0.323 e. The third kappa shape index (κ3) is 3.41. The van der Waals surface area contributed by atoms with E-state index in [4.69, 9.17) is 4.74 Å². The van der Waals surface area contributed by atoms with Crippen molar-refractivity contribution in [2.75, 3.05) is 18.5 Å². The standard InChI is InChI=1S/C17H18FN3O2/c1-2-23-16-5-3-4-15(19-16)20-17(22)21-11-10-14(21)12-6-8-13(18)9-7-12/h3-9,14H,2,10-11H2,1H3,(H,19,20,22). The normalized spacial score (nSPS) is 16.6. The van der Waals surface area contributed by atoms with Gasteiger partial charge in [0.2, 0.25) is 5.88 Å². The summed E-state index contributed by atoms with van der Waals surface area (Å²) in [5.41, 5.74) is 0.934. The van der Waals surface area contributed by atoms with Gasteiger partial charge in [-0.25, -0.2) is 9.18 Å². The average molecular weight is 315 g/mol. The Kier molecular flexibility index (Phi) is 4.41. The largest absolute Gasteiger partial charge is 0.478 e. The van der Waals surface area contributed by atoms with E-state index >= 15 is 0 Å². The Morgan fingerprint density at radius 2 is 2.13 bits per heavy atom. The van der Waals surface area contributed by atoms with E-state index in [1.54, 1.807) is 35.2 Å². The summed E-state index contributed by atoms with van der Waals surface area (Å²) in [7, 11) is 0. The molecule has 3 rings (SSSR count). The second kappa shape index (κ2) is 6.64. The van der Waals surface area contributed by atoms with Crippen LogP contribution in [0.15, 0.2) is 42.5 Å². The number of rotatable bonds is 4. The minimum atomic E-state index is -0.277. The number of benzene rings is 1. The quantitative estimate of drug-likeness (QED) is 0.938. The Balaban J connectivity index is 1.66. The van der Waals surface area contributed by atoms with Crippen molar-refractivity contribution in [3.8, 4) is 5.88 Å². The molecule has 2 aromatic rings. The second-order valence-electron chi connectivity index (χ2n) is 5.27. The molecule has 1 aliphatic heterocycles. The lowest BCUT2D eigenvalue weighted by Crippen LogP contribution is -2.47. The van der Waals surface area contributed by atoms with Gasteiger partial charge >= 0.3 is 6.03 Å². The summed E-state index contributed by atoms with van der Waals surface area (Å²) in [6, 6.07) is 11.3. The molecule has 6 heteroatoms. The predicted octanol–water partition coefficient (Wildman–Crippen LogP) is 3.60. The van der Waals surface area contributed by atoms with Gasteiger partial charge < -0.3 is 9.64 Å². The molecule has 1 saturated heterocycles. The molecule has 1 N–H and O–H groups in total. The zero-order valence-corrected chi connectivity index (χ0v) is 12.8. The molecule has 1 aliphatic rings. The van der Waals surface area contributed by atoms with E-state index in [2.05, 4.69) is 10.3 Å². The van der Waals surface area contributed by atoms with Crippen LogP contribution in [-0.4, -0.2) is 29.1 Å². The van der Waals surface area contributed by atoms with E-state index in [9.17, 15) is 9.18 Å². The summed E-state index contributed by atoms with van der Waals surface area (Å²) in [5, 5.41) is 2.78. The fourth-order valence-corrected chi connectivity index (χ4v) is 2.56. The molecule has 23 heavy (non-hydrogen) atoms. The maximum atomic E-state index is 13.0. The smallest absolute Gasteiger partial charge is 0.323 e. The second-order valence-corrected chi connectivity index (χ2v) is 5.27. The van der Waals surface area contributed by atoms with Gasteiger partial charge in [-0.2, -0.15) is 4.98 Å². The summed E-state index contributed by atoms with van der Waals surface area (Å²) in [5.74, 6) is 0.649. The number of likely N-dealkylation sites (tertiary alicyclic amines) is 1. The number of carbonyl (C=O) groups excluding carboxylic acids is 1. The van der Waals surface area contributed by atoms with E-state index in [-0.39, 0.29) is 17.9 Å². The molecular weight excluding hydrogens is 297 g/mol. The van der Waals surface area contributed by atoms with Crippen LogP contribution in [0, 0.1) is 5.82 Å². The van der Waals surface area contributed by atoms with Crippen molar-refractivity contribution in [2.24, 2.45) is 0 Å². The Morgan fingerprint density at radius 3 is 2.78 bits per heavy atom. The van der Waals surface area contributed by atoms with Crippen LogP contribution in [0.4, 0.5) is 15.0 Å². The highest BCUT2D eigenvalue weighted by Gasteiger charge is 2.33. The van der Waals surface area contributed by atoms with E-state index in [0.717, 1.165) is 12.0 Å². The maximum absolute atomic E-state index is 13.0. The van der Waals surface area contributed by atoms with Crippen molar-refractivity contribution in [3.05, 3.63) is 53.8 Å². The average Bonchev–Trinajstić information content (AvgIpc) is 2.49. The van der Waals surface area contributed by atoms with Gasteiger partial charge in [0.1, 0.15) is 11.6 Å². The van der Waals surface area contributed by atoms with Crippen molar-refractivity contribution >= 4 is 11.8 Å². The number of carbonyl (C=O) groups is 1. The van der Waals surface area contributed by atoms with Crippen LogP contribution >= 0.6 is 0 Å². The van der Waals surface area contributed by atoms with Gasteiger partial charge in [-0.15, -0.1) is 0 Å². The molecule has 5 nitrogen and oxygen atoms in total. The summed E-state index contributed by atoms with van der Waals surface area (Å²) in [6.07, 6.45) is 0.867. The van der Waals surface area contributed by atoms with Crippen LogP contribution in [-0.2, 0) is 0 Å². The third-order valence-corrected chi connectivity index (χ3v) is 3.79. The van der Waals surface area contributed by atoms with E-state index < -0.39 is 0 Å². The number of nitrogens with one attached hydrogen (secondary N) is 1. The first kappa shape index (κ1) is 15.3. The number of aromatic nitrogens is 1.